The average molecular weight is 430 g/mol. The Hall–Kier alpha value is -2.97. The van der Waals surface area contributed by atoms with Crippen molar-refractivity contribution in [2.24, 2.45) is 0 Å². The number of nitrogens with one attached hydrogen (secondary N) is 2. The smallest absolute Gasteiger partial charge is 0.257 e. The van der Waals surface area contributed by atoms with Crippen LogP contribution in [-0.4, -0.2) is 55.2 Å². The van der Waals surface area contributed by atoms with Crippen molar-refractivity contribution >= 4 is 34.8 Å². The summed E-state index contributed by atoms with van der Waals surface area (Å²) in [6.07, 6.45) is 0. The largest absolute Gasteiger partial charge is 0.491 e. The van der Waals surface area contributed by atoms with E-state index in [1.807, 2.05) is 13.8 Å². The van der Waals surface area contributed by atoms with Crippen LogP contribution >= 0.6 is 12.2 Å². The fourth-order valence-electron chi connectivity index (χ4n) is 2.67. The Morgan fingerprint density at radius 1 is 0.933 bits per heavy atom. The van der Waals surface area contributed by atoms with Gasteiger partial charge < -0.3 is 19.7 Å². The van der Waals surface area contributed by atoms with Gasteiger partial charge in [0.05, 0.1) is 6.61 Å². The summed E-state index contributed by atoms with van der Waals surface area (Å²) in [4.78, 5) is 26.5. The van der Waals surface area contributed by atoms with Gasteiger partial charge in [-0.1, -0.05) is 0 Å². The number of thiocarbonyl (C=S) groups is 1. The van der Waals surface area contributed by atoms with Crippen LogP contribution < -0.4 is 15.4 Å². The van der Waals surface area contributed by atoms with Crippen molar-refractivity contribution in [1.82, 2.24) is 10.2 Å². The molecule has 0 spiro atoms. The molecule has 0 heterocycles. The molecular weight excluding hydrogens is 402 g/mol. The Labute approximate surface area is 182 Å². The molecular formula is C22H27N3O4S. The van der Waals surface area contributed by atoms with Crippen LogP contribution in [0.3, 0.4) is 0 Å². The van der Waals surface area contributed by atoms with Gasteiger partial charge in [0.15, 0.2) is 5.11 Å². The van der Waals surface area contributed by atoms with Crippen molar-refractivity contribution in [1.29, 1.82) is 0 Å². The van der Waals surface area contributed by atoms with E-state index in [4.69, 9.17) is 21.7 Å². The van der Waals surface area contributed by atoms with E-state index in [0.29, 0.717) is 48.9 Å². The zero-order chi connectivity index (χ0) is 21.9. The molecule has 2 aromatic carbocycles. The maximum atomic E-state index is 12.4. The highest BCUT2D eigenvalue weighted by molar-refractivity contribution is 7.80. The lowest BCUT2D eigenvalue weighted by atomic mass is 10.2. The van der Waals surface area contributed by atoms with Crippen LogP contribution in [0.4, 0.5) is 5.69 Å². The molecule has 0 saturated carbocycles. The van der Waals surface area contributed by atoms with Crippen molar-refractivity contribution in [3.05, 3.63) is 59.7 Å². The summed E-state index contributed by atoms with van der Waals surface area (Å²) in [5.41, 5.74) is 1.74. The number of amides is 2. The van der Waals surface area contributed by atoms with Gasteiger partial charge in [-0.2, -0.15) is 0 Å². The van der Waals surface area contributed by atoms with Crippen LogP contribution in [-0.2, 0) is 4.74 Å². The van der Waals surface area contributed by atoms with E-state index < -0.39 is 0 Å². The number of hydrogen-bond donors (Lipinski definition) is 2. The van der Waals surface area contributed by atoms with Gasteiger partial charge in [-0.25, -0.2) is 0 Å². The minimum absolute atomic E-state index is 0.0166. The molecule has 0 aliphatic carbocycles. The van der Waals surface area contributed by atoms with Gasteiger partial charge in [-0.15, -0.1) is 0 Å². The van der Waals surface area contributed by atoms with Crippen molar-refractivity contribution < 1.29 is 19.1 Å². The lowest BCUT2D eigenvalue weighted by Crippen LogP contribution is -2.34. The Bertz CT molecular complexity index is 850. The van der Waals surface area contributed by atoms with Gasteiger partial charge in [0, 0.05) is 37.0 Å². The molecule has 2 rings (SSSR count). The molecule has 0 bridgehead atoms. The van der Waals surface area contributed by atoms with E-state index >= 15 is 0 Å². The zero-order valence-corrected chi connectivity index (χ0v) is 18.3. The maximum absolute atomic E-state index is 12.4. The molecule has 0 fully saturated rings. The maximum Gasteiger partial charge on any atom is 0.257 e. The molecule has 2 N–H and O–H groups in total. The summed E-state index contributed by atoms with van der Waals surface area (Å²) in [6.45, 7) is 6.14. The van der Waals surface area contributed by atoms with Gasteiger partial charge in [0.25, 0.3) is 11.8 Å². The Kier molecular flexibility index (Phi) is 9.24. The molecule has 0 saturated heterocycles. The number of nitrogens with zero attached hydrogens (tertiary/aromatic N) is 1. The van der Waals surface area contributed by atoms with E-state index in [-0.39, 0.29) is 16.9 Å². The standard InChI is InChI=1S/C22H27N3O4S/c1-4-25(5-2)21(27)17-6-10-18(11-7-17)23-22(30)24-20(26)16-8-12-19(13-9-16)29-15-14-28-3/h6-13H,4-5,14-15H2,1-3H3,(H2,23,24,26,30). The predicted octanol–water partition coefficient (Wildman–Crippen LogP) is 3.32. The first-order valence-electron chi connectivity index (χ1n) is 9.72. The Morgan fingerprint density at radius 2 is 1.53 bits per heavy atom. The van der Waals surface area contributed by atoms with Crippen LogP contribution in [0.1, 0.15) is 34.6 Å². The molecule has 160 valence electrons. The topological polar surface area (TPSA) is 79.9 Å². The molecule has 0 unspecified atom stereocenters. The van der Waals surface area contributed by atoms with Gasteiger partial charge in [-0.05, 0) is 74.6 Å². The number of rotatable bonds is 9. The lowest BCUT2D eigenvalue weighted by molar-refractivity contribution is 0.0772. The molecule has 0 atom stereocenters. The Balaban J connectivity index is 1.89. The lowest BCUT2D eigenvalue weighted by Gasteiger charge is -2.18. The third-order valence-corrected chi connectivity index (χ3v) is 4.54. The monoisotopic (exact) mass is 429 g/mol. The normalized spacial score (nSPS) is 10.2. The predicted molar refractivity (Wildman–Crippen MR) is 121 cm³/mol. The second-order valence-electron chi connectivity index (χ2n) is 6.33. The number of ether oxygens (including phenoxy) is 2. The second-order valence-corrected chi connectivity index (χ2v) is 6.74. The molecule has 2 aromatic rings. The van der Waals surface area contributed by atoms with Gasteiger partial charge >= 0.3 is 0 Å². The number of methoxy groups -OCH3 is 1. The summed E-state index contributed by atoms with van der Waals surface area (Å²) in [5.74, 6) is 0.310. The molecule has 0 aliphatic heterocycles. The molecule has 7 nitrogen and oxygen atoms in total. The summed E-state index contributed by atoms with van der Waals surface area (Å²) in [6, 6.07) is 13.7. The Morgan fingerprint density at radius 3 is 2.10 bits per heavy atom. The van der Waals surface area contributed by atoms with Gasteiger partial charge in [-0.3, -0.25) is 14.9 Å². The number of carbonyl (C=O) groups is 2. The molecule has 0 radical (unpaired) electrons. The first-order chi connectivity index (χ1) is 14.5. The highest BCUT2D eigenvalue weighted by Gasteiger charge is 2.12. The number of anilines is 1. The van der Waals surface area contributed by atoms with E-state index in [1.165, 1.54) is 0 Å². The summed E-state index contributed by atoms with van der Waals surface area (Å²) < 4.78 is 10.4. The van der Waals surface area contributed by atoms with Gasteiger partial charge in [0.1, 0.15) is 12.4 Å². The quantitative estimate of drug-likeness (QED) is 0.470. The fraction of sp³-hybridized carbons (Fsp3) is 0.318. The fourth-order valence-corrected chi connectivity index (χ4v) is 2.88. The first kappa shape index (κ1) is 23.3. The van der Waals surface area contributed by atoms with Gasteiger partial charge in [0.2, 0.25) is 0 Å². The van der Waals surface area contributed by atoms with Crippen molar-refractivity contribution in [3.8, 4) is 5.75 Å². The third-order valence-electron chi connectivity index (χ3n) is 4.34. The molecule has 0 aromatic heterocycles. The summed E-state index contributed by atoms with van der Waals surface area (Å²) in [5, 5.41) is 5.75. The minimum Gasteiger partial charge on any atom is -0.491 e. The molecule has 2 amide bonds. The highest BCUT2D eigenvalue weighted by Crippen LogP contribution is 2.13. The third kappa shape index (κ3) is 6.82. The van der Waals surface area contributed by atoms with E-state index in [1.54, 1.807) is 60.5 Å². The minimum atomic E-state index is -0.329. The number of benzene rings is 2. The van der Waals surface area contributed by atoms with Crippen LogP contribution in [0.2, 0.25) is 0 Å². The van der Waals surface area contributed by atoms with Crippen LogP contribution in [0.25, 0.3) is 0 Å². The SMILES string of the molecule is CCN(CC)C(=O)c1ccc(NC(=S)NC(=O)c2ccc(OCCOC)cc2)cc1. The van der Waals surface area contributed by atoms with E-state index in [2.05, 4.69) is 10.6 Å². The van der Waals surface area contributed by atoms with Crippen LogP contribution in [0.15, 0.2) is 48.5 Å². The average Bonchev–Trinajstić information content (AvgIpc) is 2.75. The van der Waals surface area contributed by atoms with Crippen LogP contribution in [0, 0.1) is 0 Å². The second kappa shape index (κ2) is 11.9. The first-order valence-corrected chi connectivity index (χ1v) is 10.1. The molecule has 8 heteroatoms. The number of carbonyl (C=O) groups excluding carboxylic acids is 2. The zero-order valence-electron chi connectivity index (χ0n) is 17.4. The van der Waals surface area contributed by atoms with Crippen molar-refractivity contribution in [2.75, 3.05) is 38.7 Å². The summed E-state index contributed by atoms with van der Waals surface area (Å²) >= 11 is 5.22. The highest BCUT2D eigenvalue weighted by atomic mass is 32.1. The molecule has 0 aliphatic rings. The van der Waals surface area contributed by atoms with E-state index in [0.717, 1.165) is 0 Å². The molecule has 30 heavy (non-hydrogen) atoms. The summed E-state index contributed by atoms with van der Waals surface area (Å²) in [7, 11) is 1.61. The van der Waals surface area contributed by atoms with Crippen molar-refractivity contribution in [2.45, 2.75) is 13.8 Å². The number of hydrogen-bond acceptors (Lipinski definition) is 5. The van der Waals surface area contributed by atoms with E-state index in [9.17, 15) is 9.59 Å². The van der Waals surface area contributed by atoms with Crippen LogP contribution in [0.5, 0.6) is 5.75 Å². The van der Waals surface area contributed by atoms with Crippen molar-refractivity contribution in [3.63, 3.8) is 0 Å².